The zero-order valence-corrected chi connectivity index (χ0v) is 15.4. The number of hydrogen-bond donors (Lipinski definition) is 1. The Morgan fingerprint density at radius 3 is 2.44 bits per heavy atom. The van der Waals surface area contributed by atoms with Crippen LogP contribution < -0.4 is 9.46 Å². The first kappa shape index (κ1) is 17.7. The topological polar surface area (TPSA) is 55.4 Å². The maximum atomic E-state index is 12.9. The van der Waals surface area contributed by atoms with Gasteiger partial charge in [-0.15, -0.1) is 0 Å². The lowest BCUT2D eigenvalue weighted by Crippen LogP contribution is -2.27. The molecule has 0 unspecified atom stereocenters. The van der Waals surface area contributed by atoms with Crippen molar-refractivity contribution in [2.45, 2.75) is 17.9 Å². The van der Waals surface area contributed by atoms with Gasteiger partial charge in [-0.1, -0.05) is 48.0 Å². The van der Waals surface area contributed by atoms with Gasteiger partial charge >= 0.3 is 0 Å². The first-order valence-electron chi connectivity index (χ1n) is 7.76. The van der Waals surface area contributed by atoms with Gasteiger partial charge in [0.05, 0.1) is 12.0 Å². The van der Waals surface area contributed by atoms with Gasteiger partial charge in [0.1, 0.15) is 5.75 Å². The van der Waals surface area contributed by atoms with Gasteiger partial charge in [0.25, 0.3) is 0 Å². The SMILES string of the molecule is COc1cccc([C@@H](C)NS(=O)(=O)c2cccc3cccc(Cl)c23)c1. The molecule has 25 heavy (non-hydrogen) atoms. The van der Waals surface area contributed by atoms with Crippen LogP contribution in [0.5, 0.6) is 5.75 Å². The number of sulfonamides is 1. The number of halogens is 1. The lowest BCUT2D eigenvalue weighted by Gasteiger charge is -2.17. The lowest BCUT2D eigenvalue weighted by molar-refractivity contribution is 0.413. The van der Waals surface area contributed by atoms with Crippen molar-refractivity contribution in [3.8, 4) is 5.75 Å². The van der Waals surface area contributed by atoms with Crippen molar-refractivity contribution < 1.29 is 13.2 Å². The summed E-state index contributed by atoms with van der Waals surface area (Å²) in [6, 6.07) is 17.3. The molecule has 0 radical (unpaired) electrons. The molecule has 3 aromatic carbocycles. The van der Waals surface area contributed by atoms with Gasteiger partial charge in [0.2, 0.25) is 10.0 Å². The predicted molar refractivity (Wildman–Crippen MR) is 101 cm³/mol. The highest BCUT2D eigenvalue weighted by Crippen LogP contribution is 2.30. The molecule has 0 saturated heterocycles. The van der Waals surface area contributed by atoms with Crippen LogP contribution >= 0.6 is 11.6 Å². The second-order valence-corrected chi connectivity index (χ2v) is 7.80. The third kappa shape index (κ3) is 3.63. The Hall–Kier alpha value is -2.08. The maximum absolute atomic E-state index is 12.9. The van der Waals surface area contributed by atoms with E-state index in [0.717, 1.165) is 10.9 Å². The van der Waals surface area contributed by atoms with Crippen LogP contribution in [0.4, 0.5) is 0 Å². The van der Waals surface area contributed by atoms with Crippen LogP contribution in [0.2, 0.25) is 5.02 Å². The monoisotopic (exact) mass is 375 g/mol. The Balaban J connectivity index is 2.00. The molecule has 0 spiro atoms. The lowest BCUT2D eigenvalue weighted by atomic mass is 10.1. The Kier molecular flexibility index (Phi) is 4.99. The zero-order valence-electron chi connectivity index (χ0n) is 13.9. The molecule has 0 aliphatic carbocycles. The Morgan fingerprint density at radius 1 is 1.04 bits per heavy atom. The number of ether oxygens (including phenoxy) is 1. The minimum absolute atomic E-state index is 0.172. The maximum Gasteiger partial charge on any atom is 0.241 e. The molecule has 0 aliphatic heterocycles. The zero-order chi connectivity index (χ0) is 18.0. The largest absolute Gasteiger partial charge is 0.497 e. The molecular weight excluding hydrogens is 358 g/mol. The van der Waals surface area contributed by atoms with Gasteiger partial charge in [-0.05, 0) is 42.1 Å². The van der Waals surface area contributed by atoms with Crippen LogP contribution in [0.3, 0.4) is 0 Å². The van der Waals surface area contributed by atoms with Crippen LogP contribution in [-0.4, -0.2) is 15.5 Å². The molecular formula is C19H18ClNO3S. The summed E-state index contributed by atoms with van der Waals surface area (Å²) >= 11 is 6.25. The summed E-state index contributed by atoms with van der Waals surface area (Å²) in [5, 5.41) is 1.72. The molecule has 1 atom stereocenters. The number of methoxy groups -OCH3 is 1. The molecule has 0 saturated carbocycles. The highest BCUT2D eigenvalue weighted by Gasteiger charge is 2.22. The van der Waals surface area contributed by atoms with E-state index in [2.05, 4.69) is 4.72 Å². The molecule has 0 aromatic heterocycles. The summed E-state index contributed by atoms with van der Waals surface area (Å²) in [7, 11) is -2.18. The molecule has 0 amide bonds. The van der Waals surface area contributed by atoms with Crippen molar-refractivity contribution in [3.63, 3.8) is 0 Å². The number of nitrogens with one attached hydrogen (secondary N) is 1. The molecule has 3 aromatic rings. The van der Waals surface area contributed by atoms with Crippen molar-refractivity contribution in [2.75, 3.05) is 7.11 Å². The van der Waals surface area contributed by atoms with Crippen molar-refractivity contribution in [1.82, 2.24) is 4.72 Å². The molecule has 3 rings (SSSR count). The normalized spacial score (nSPS) is 12.9. The van der Waals surface area contributed by atoms with E-state index in [9.17, 15) is 8.42 Å². The first-order chi connectivity index (χ1) is 11.9. The van der Waals surface area contributed by atoms with Gasteiger partial charge in [0.15, 0.2) is 0 Å². The standard InChI is InChI=1S/C19H18ClNO3S/c1-13(15-8-3-9-16(12-15)24-2)21-25(22,23)18-11-5-7-14-6-4-10-17(20)19(14)18/h3-13,21H,1-2H3/t13-/m1/s1. The summed E-state index contributed by atoms with van der Waals surface area (Å²) in [5.74, 6) is 0.678. The van der Waals surface area contributed by atoms with Crippen molar-refractivity contribution >= 4 is 32.4 Å². The fourth-order valence-corrected chi connectivity index (χ4v) is 4.58. The molecule has 130 valence electrons. The van der Waals surface area contributed by atoms with E-state index in [1.54, 1.807) is 38.3 Å². The summed E-state index contributed by atoms with van der Waals surface area (Å²) in [6.45, 7) is 1.79. The predicted octanol–water partition coefficient (Wildman–Crippen LogP) is 4.54. The second kappa shape index (κ2) is 7.04. The average Bonchev–Trinajstić information content (AvgIpc) is 2.61. The van der Waals surface area contributed by atoms with Gasteiger partial charge in [-0.2, -0.15) is 0 Å². The number of rotatable bonds is 5. The molecule has 0 heterocycles. The van der Waals surface area contributed by atoms with E-state index in [4.69, 9.17) is 16.3 Å². The molecule has 0 fully saturated rings. The van der Waals surface area contributed by atoms with Crippen LogP contribution in [-0.2, 0) is 10.0 Å². The van der Waals surface area contributed by atoms with Crippen LogP contribution in [0.15, 0.2) is 65.6 Å². The van der Waals surface area contributed by atoms with Gasteiger partial charge in [-0.25, -0.2) is 13.1 Å². The van der Waals surface area contributed by atoms with E-state index in [1.165, 1.54) is 0 Å². The molecule has 0 aliphatic rings. The van der Waals surface area contributed by atoms with Crippen molar-refractivity contribution in [3.05, 3.63) is 71.2 Å². The quantitative estimate of drug-likeness (QED) is 0.712. The fraction of sp³-hybridized carbons (Fsp3) is 0.158. The van der Waals surface area contributed by atoms with Crippen LogP contribution in [0.25, 0.3) is 10.8 Å². The molecule has 0 bridgehead atoms. The van der Waals surface area contributed by atoms with E-state index in [0.29, 0.717) is 16.2 Å². The molecule has 4 nitrogen and oxygen atoms in total. The van der Waals surface area contributed by atoms with E-state index in [1.807, 2.05) is 36.4 Å². The number of benzene rings is 3. The van der Waals surface area contributed by atoms with Crippen LogP contribution in [0.1, 0.15) is 18.5 Å². The van der Waals surface area contributed by atoms with Gasteiger partial charge in [-0.3, -0.25) is 0 Å². The van der Waals surface area contributed by atoms with Gasteiger partial charge < -0.3 is 4.74 Å². The Bertz CT molecular complexity index is 1010. The van der Waals surface area contributed by atoms with Crippen molar-refractivity contribution in [1.29, 1.82) is 0 Å². The second-order valence-electron chi connectivity index (χ2n) is 5.71. The Morgan fingerprint density at radius 2 is 1.72 bits per heavy atom. The number of hydrogen-bond acceptors (Lipinski definition) is 3. The minimum Gasteiger partial charge on any atom is -0.497 e. The highest BCUT2D eigenvalue weighted by molar-refractivity contribution is 7.89. The van der Waals surface area contributed by atoms with E-state index in [-0.39, 0.29) is 4.90 Å². The third-order valence-corrected chi connectivity index (χ3v) is 5.93. The summed E-state index contributed by atoms with van der Waals surface area (Å²) in [6.07, 6.45) is 0. The first-order valence-corrected chi connectivity index (χ1v) is 9.62. The smallest absolute Gasteiger partial charge is 0.241 e. The molecule has 6 heteroatoms. The number of fused-ring (bicyclic) bond motifs is 1. The van der Waals surface area contributed by atoms with Crippen molar-refractivity contribution in [2.24, 2.45) is 0 Å². The average molecular weight is 376 g/mol. The summed E-state index contributed by atoms with van der Waals surface area (Å²) in [4.78, 5) is 0.172. The van der Waals surface area contributed by atoms with Gasteiger partial charge in [0, 0.05) is 16.5 Å². The van der Waals surface area contributed by atoms with E-state index >= 15 is 0 Å². The fourth-order valence-electron chi connectivity index (χ4n) is 2.76. The third-order valence-electron chi connectivity index (χ3n) is 4.03. The van der Waals surface area contributed by atoms with E-state index < -0.39 is 16.1 Å². The molecule has 1 N–H and O–H groups in total. The highest BCUT2D eigenvalue weighted by atomic mass is 35.5. The summed E-state index contributed by atoms with van der Waals surface area (Å²) in [5.41, 5.74) is 0.814. The summed E-state index contributed by atoms with van der Waals surface area (Å²) < 4.78 is 33.8. The Labute approximate surface area is 152 Å². The minimum atomic E-state index is -3.75. The van der Waals surface area contributed by atoms with Crippen LogP contribution in [0, 0.1) is 0 Å².